The van der Waals surface area contributed by atoms with Gasteiger partial charge in [-0.15, -0.1) is 0 Å². The van der Waals surface area contributed by atoms with Crippen LogP contribution in [-0.2, 0) is 11.2 Å². The molecular weight excluding hydrogens is 474 g/mol. The van der Waals surface area contributed by atoms with E-state index >= 15 is 0 Å². The summed E-state index contributed by atoms with van der Waals surface area (Å²) in [6, 6.07) is 10.7. The fraction of sp³-hybridized carbons (Fsp3) is 0.515. The van der Waals surface area contributed by atoms with E-state index in [1.807, 2.05) is 24.4 Å². The summed E-state index contributed by atoms with van der Waals surface area (Å²) in [7, 11) is 0. The first kappa shape index (κ1) is 24.4. The van der Waals surface area contributed by atoms with Crippen molar-refractivity contribution in [1.82, 2.24) is 4.98 Å². The van der Waals surface area contributed by atoms with Gasteiger partial charge in [-0.2, -0.15) is 0 Å². The number of rotatable bonds is 3. The number of hydrogen-bond donors (Lipinski definition) is 3. The monoisotopic (exact) mass is 511 g/mol. The van der Waals surface area contributed by atoms with Gasteiger partial charge in [0.1, 0.15) is 0 Å². The Bertz CT molecular complexity index is 1370. The van der Waals surface area contributed by atoms with Gasteiger partial charge < -0.3 is 15.3 Å². The Morgan fingerprint density at radius 3 is 2.74 bits per heavy atom. The number of aliphatic hydroxyl groups is 3. The van der Waals surface area contributed by atoms with E-state index in [1.165, 1.54) is 11.1 Å². The van der Waals surface area contributed by atoms with Gasteiger partial charge in [0.05, 0.1) is 17.8 Å². The molecule has 1 spiro atoms. The number of hydrogen-bond acceptors (Lipinski definition) is 5. The molecule has 5 aliphatic rings. The number of carbonyl (C=O) groups excluding carboxylic acids is 1. The molecule has 0 saturated heterocycles. The maximum atomic E-state index is 13.2. The van der Waals surface area contributed by atoms with Crippen molar-refractivity contribution in [3.05, 3.63) is 77.7 Å². The Hall–Kier alpha value is -2.60. The molecule has 1 aromatic carbocycles. The minimum atomic E-state index is -1.01. The van der Waals surface area contributed by atoms with Gasteiger partial charge in [-0.05, 0) is 91.2 Å². The van der Waals surface area contributed by atoms with Crippen LogP contribution in [0.5, 0.6) is 0 Å². The largest absolute Gasteiger partial charge is 0.392 e. The molecule has 38 heavy (non-hydrogen) atoms. The highest BCUT2D eigenvalue weighted by Gasteiger charge is 2.74. The fourth-order valence-corrected chi connectivity index (χ4v) is 9.86. The number of carbonyl (C=O) groups is 1. The van der Waals surface area contributed by atoms with Gasteiger partial charge in [-0.25, -0.2) is 0 Å². The van der Waals surface area contributed by atoms with Gasteiger partial charge in [0.25, 0.3) is 0 Å². The summed E-state index contributed by atoms with van der Waals surface area (Å²) < 4.78 is 0. The number of benzene rings is 1. The van der Waals surface area contributed by atoms with Gasteiger partial charge in [0, 0.05) is 35.6 Å². The van der Waals surface area contributed by atoms with Crippen LogP contribution in [0.1, 0.15) is 68.9 Å². The number of aromatic nitrogens is 1. The zero-order valence-corrected chi connectivity index (χ0v) is 22.1. The third-order valence-corrected chi connectivity index (χ3v) is 11.6. The number of ketones is 1. The average molecular weight is 512 g/mol. The van der Waals surface area contributed by atoms with Gasteiger partial charge in [-0.1, -0.05) is 48.9 Å². The molecule has 7 atom stereocenters. The number of fused-ring (bicyclic) bond motifs is 4. The van der Waals surface area contributed by atoms with Crippen molar-refractivity contribution >= 4 is 5.78 Å². The zero-order valence-electron chi connectivity index (χ0n) is 22.1. The summed E-state index contributed by atoms with van der Waals surface area (Å²) in [5.41, 5.74) is 2.95. The lowest BCUT2D eigenvalue weighted by molar-refractivity contribution is -0.226. The normalized spacial score (nSPS) is 41.2. The van der Waals surface area contributed by atoms with Crippen molar-refractivity contribution in [2.24, 2.45) is 22.7 Å². The summed E-state index contributed by atoms with van der Waals surface area (Å²) in [4.78, 5) is 16.9. The van der Waals surface area contributed by atoms with E-state index in [9.17, 15) is 20.1 Å². The molecule has 1 heterocycles. The summed E-state index contributed by atoms with van der Waals surface area (Å²) in [5.74, 6) is 0.289. The van der Waals surface area contributed by atoms with Crippen molar-refractivity contribution in [3.8, 4) is 11.1 Å². The smallest absolute Gasteiger partial charge is 0.155 e. The van der Waals surface area contributed by atoms with Crippen molar-refractivity contribution < 1.29 is 20.1 Å². The second-order valence-corrected chi connectivity index (χ2v) is 12.8. The van der Waals surface area contributed by atoms with Crippen LogP contribution in [0.25, 0.3) is 11.1 Å². The summed E-state index contributed by atoms with van der Waals surface area (Å²) >= 11 is 0. The molecule has 2 aromatic rings. The zero-order chi connectivity index (χ0) is 26.3. The molecule has 198 valence electrons. The summed E-state index contributed by atoms with van der Waals surface area (Å²) in [5, 5.41) is 34.7. The van der Waals surface area contributed by atoms with Crippen molar-refractivity contribution in [2.45, 2.75) is 75.4 Å². The van der Waals surface area contributed by atoms with Crippen LogP contribution >= 0.6 is 0 Å². The third kappa shape index (κ3) is 2.98. The van der Waals surface area contributed by atoms with E-state index in [0.717, 1.165) is 42.4 Å². The maximum absolute atomic E-state index is 13.2. The van der Waals surface area contributed by atoms with E-state index in [1.54, 1.807) is 12.3 Å². The predicted molar refractivity (Wildman–Crippen MR) is 145 cm³/mol. The van der Waals surface area contributed by atoms with E-state index in [4.69, 9.17) is 0 Å². The SMILES string of the molecule is C[C@]12CC3c4ccc(-c5cccnc5)cc4C[C@]45CCC(=O)C=C4CC[C@@H]([C@@H]1CC[C@@]2(O)/C=C\CO)[C@]35O. The van der Waals surface area contributed by atoms with Crippen LogP contribution in [0.3, 0.4) is 0 Å². The molecule has 7 rings (SSSR count). The molecule has 5 aliphatic carbocycles. The molecule has 0 radical (unpaired) electrons. The van der Waals surface area contributed by atoms with E-state index < -0.39 is 22.0 Å². The van der Waals surface area contributed by atoms with E-state index in [-0.39, 0.29) is 30.1 Å². The highest BCUT2D eigenvalue weighted by molar-refractivity contribution is 5.92. The highest BCUT2D eigenvalue weighted by atomic mass is 16.3. The number of pyridine rings is 1. The summed E-state index contributed by atoms with van der Waals surface area (Å²) in [6.45, 7) is 2.12. The lowest BCUT2D eigenvalue weighted by Gasteiger charge is -2.69. The lowest BCUT2D eigenvalue weighted by atomic mass is 9.37. The quantitative estimate of drug-likeness (QED) is 0.510. The molecule has 3 saturated carbocycles. The van der Waals surface area contributed by atoms with Crippen LogP contribution in [-0.4, -0.2) is 43.9 Å². The van der Waals surface area contributed by atoms with Crippen LogP contribution in [0, 0.1) is 22.7 Å². The summed E-state index contributed by atoms with van der Waals surface area (Å²) in [6.07, 6.45) is 14.8. The number of nitrogens with zero attached hydrogens (tertiary/aromatic N) is 1. The van der Waals surface area contributed by atoms with Crippen LogP contribution in [0.2, 0.25) is 0 Å². The minimum absolute atomic E-state index is 0.0549. The second kappa shape index (κ2) is 8.20. The minimum Gasteiger partial charge on any atom is -0.392 e. The Morgan fingerprint density at radius 1 is 1.08 bits per heavy atom. The molecule has 3 N–H and O–H groups in total. The fourth-order valence-electron chi connectivity index (χ4n) is 9.86. The van der Waals surface area contributed by atoms with E-state index in [2.05, 4.69) is 36.2 Å². The molecule has 3 fully saturated rings. The molecular formula is C33H37NO4. The van der Waals surface area contributed by atoms with Crippen LogP contribution in [0.4, 0.5) is 0 Å². The Morgan fingerprint density at radius 2 is 1.95 bits per heavy atom. The molecule has 1 aromatic heterocycles. The first-order valence-corrected chi connectivity index (χ1v) is 14.3. The molecule has 0 bridgehead atoms. The van der Waals surface area contributed by atoms with Gasteiger partial charge in [0.15, 0.2) is 5.78 Å². The highest BCUT2D eigenvalue weighted by Crippen LogP contribution is 2.74. The van der Waals surface area contributed by atoms with Crippen molar-refractivity contribution in [1.29, 1.82) is 0 Å². The standard InChI is InChI=1S/C33H37NO4/c1-30-19-29-26-7-5-21(22-4-2-14-34-20-22)16-23(26)18-31-12-9-25(36)17-24(31)6-8-28(33(29,31)38)27(30)10-13-32(30,37)11-3-15-35/h2-5,7,11,14,16-17,20,27-29,35,37-38H,6,8-10,12-13,15,18-19H2,1H3/b11-3-/t27-,28-,29?,30-,31+,32-,33-/m0/s1. The first-order valence-electron chi connectivity index (χ1n) is 14.3. The topological polar surface area (TPSA) is 90.7 Å². The molecule has 5 nitrogen and oxygen atoms in total. The van der Waals surface area contributed by atoms with Gasteiger partial charge in [0.2, 0.25) is 0 Å². The van der Waals surface area contributed by atoms with Crippen molar-refractivity contribution in [2.75, 3.05) is 6.61 Å². The molecule has 0 amide bonds. The molecule has 1 unspecified atom stereocenters. The molecule has 5 heteroatoms. The number of aliphatic hydroxyl groups excluding tert-OH is 1. The maximum Gasteiger partial charge on any atom is 0.155 e. The Kier molecular flexibility index (Phi) is 5.28. The van der Waals surface area contributed by atoms with Crippen molar-refractivity contribution in [3.63, 3.8) is 0 Å². The Balaban J connectivity index is 1.44. The lowest BCUT2D eigenvalue weighted by Crippen LogP contribution is -2.70. The van der Waals surface area contributed by atoms with Gasteiger partial charge >= 0.3 is 0 Å². The van der Waals surface area contributed by atoms with E-state index in [0.29, 0.717) is 25.7 Å². The predicted octanol–water partition coefficient (Wildman–Crippen LogP) is 4.90. The Labute approximate surface area is 224 Å². The third-order valence-electron chi connectivity index (χ3n) is 11.6. The van der Waals surface area contributed by atoms with Crippen LogP contribution in [0.15, 0.2) is 66.5 Å². The average Bonchev–Trinajstić information content (AvgIpc) is 3.18. The first-order chi connectivity index (χ1) is 18.3. The van der Waals surface area contributed by atoms with Crippen LogP contribution < -0.4 is 0 Å². The second-order valence-electron chi connectivity index (χ2n) is 12.8. The molecule has 0 aliphatic heterocycles. The van der Waals surface area contributed by atoms with Gasteiger partial charge in [-0.3, -0.25) is 9.78 Å².